The third kappa shape index (κ3) is 3.36. The minimum Gasteiger partial charge on any atom is -0.394 e. The van der Waals surface area contributed by atoms with Crippen molar-refractivity contribution in [2.24, 2.45) is 5.92 Å². The molecular weight excluding hydrogens is 259 g/mol. The summed E-state index contributed by atoms with van der Waals surface area (Å²) in [5.41, 5.74) is -0.476. The standard InChI is InChI=1S/C14H23FN4O/c1-3-16-13-17-8-11(15)12(18-13)19-14(9-20)6-4-5-10(2)7-14/h8,10,20H,3-7,9H2,1-2H3,(H2,16,17,18,19). The highest BCUT2D eigenvalue weighted by molar-refractivity contribution is 5.43. The number of hydrogen-bond donors (Lipinski definition) is 3. The molecule has 1 aliphatic carbocycles. The number of anilines is 2. The maximum atomic E-state index is 13.9. The van der Waals surface area contributed by atoms with Gasteiger partial charge in [-0.15, -0.1) is 0 Å². The summed E-state index contributed by atoms with van der Waals surface area (Å²) in [6, 6.07) is 0. The third-order valence-corrected chi connectivity index (χ3v) is 3.86. The Labute approximate surface area is 119 Å². The molecule has 2 unspecified atom stereocenters. The molecule has 6 heteroatoms. The van der Waals surface area contributed by atoms with Crippen LogP contribution in [0.25, 0.3) is 0 Å². The second-order valence-corrected chi connectivity index (χ2v) is 5.69. The molecule has 1 aromatic rings. The first-order chi connectivity index (χ1) is 9.58. The first-order valence-electron chi connectivity index (χ1n) is 7.24. The topological polar surface area (TPSA) is 70.1 Å². The Balaban J connectivity index is 2.20. The van der Waals surface area contributed by atoms with Crippen LogP contribution in [-0.2, 0) is 0 Å². The molecule has 0 aromatic carbocycles. The van der Waals surface area contributed by atoms with Crippen LogP contribution in [0, 0.1) is 11.7 Å². The first-order valence-corrected chi connectivity index (χ1v) is 7.24. The number of hydrogen-bond acceptors (Lipinski definition) is 5. The van der Waals surface area contributed by atoms with E-state index in [-0.39, 0.29) is 12.4 Å². The van der Waals surface area contributed by atoms with Gasteiger partial charge in [-0.05, 0) is 25.7 Å². The summed E-state index contributed by atoms with van der Waals surface area (Å²) < 4.78 is 13.9. The van der Waals surface area contributed by atoms with Gasteiger partial charge in [0.05, 0.1) is 18.3 Å². The molecule has 0 amide bonds. The van der Waals surface area contributed by atoms with Crippen molar-refractivity contribution < 1.29 is 9.50 Å². The number of aliphatic hydroxyl groups excluding tert-OH is 1. The van der Waals surface area contributed by atoms with Gasteiger partial charge in [-0.25, -0.2) is 9.37 Å². The van der Waals surface area contributed by atoms with Crippen molar-refractivity contribution in [3.05, 3.63) is 12.0 Å². The molecule has 1 aromatic heterocycles. The van der Waals surface area contributed by atoms with E-state index in [0.29, 0.717) is 18.4 Å². The number of aromatic nitrogens is 2. The van der Waals surface area contributed by atoms with Crippen LogP contribution < -0.4 is 10.6 Å². The summed E-state index contributed by atoms with van der Waals surface area (Å²) >= 11 is 0. The van der Waals surface area contributed by atoms with E-state index in [0.717, 1.165) is 31.9 Å². The van der Waals surface area contributed by atoms with E-state index >= 15 is 0 Å². The molecule has 1 heterocycles. The van der Waals surface area contributed by atoms with Gasteiger partial charge in [-0.1, -0.05) is 19.8 Å². The monoisotopic (exact) mass is 282 g/mol. The summed E-state index contributed by atoms with van der Waals surface area (Å²) in [6.07, 6.45) is 4.99. The van der Waals surface area contributed by atoms with Crippen LogP contribution in [0.1, 0.15) is 39.5 Å². The quantitative estimate of drug-likeness (QED) is 0.773. The Morgan fingerprint density at radius 3 is 3.00 bits per heavy atom. The molecule has 1 fully saturated rings. The van der Waals surface area contributed by atoms with Crippen molar-refractivity contribution in [2.45, 2.75) is 45.1 Å². The van der Waals surface area contributed by atoms with E-state index in [9.17, 15) is 9.50 Å². The molecule has 5 nitrogen and oxygen atoms in total. The summed E-state index contributed by atoms with van der Waals surface area (Å²) in [5.74, 6) is 0.590. The second kappa shape index (κ2) is 6.35. The van der Waals surface area contributed by atoms with Crippen LogP contribution in [0.4, 0.5) is 16.2 Å². The lowest BCUT2D eigenvalue weighted by atomic mass is 9.77. The Hall–Kier alpha value is -1.43. The zero-order chi connectivity index (χ0) is 14.6. The fraction of sp³-hybridized carbons (Fsp3) is 0.714. The van der Waals surface area contributed by atoms with Gasteiger partial charge in [0.15, 0.2) is 11.6 Å². The Morgan fingerprint density at radius 2 is 2.35 bits per heavy atom. The lowest BCUT2D eigenvalue weighted by Gasteiger charge is -2.39. The second-order valence-electron chi connectivity index (χ2n) is 5.69. The van der Waals surface area contributed by atoms with Crippen molar-refractivity contribution in [2.75, 3.05) is 23.8 Å². The highest BCUT2D eigenvalue weighted by atomic mass is 19.1. The number of rotatable bonds is 5. The zero-order valence-electron chi connectivity index (χ0n) is 12.1. The Bertz CT molecular complexity index is 457. The molecule has 0 aliphatic heterocycles. The van der Waals surface area contributed by atoms with E-state index in [1.54, 1.807) is 0 Å². The Morgan fingerprint density at radius 1 is 1.55 bits per heavy atom. The molecule has 0 saturated heterocycles. The maximum absolute atomic E-state index is 13.9. The van der Waals surface area contributed by atoms with Gasteiger partial charge in [0.1, 0.15) is 0 Å². The lowest BCUT2D eigenvalue weighted by molar-refractivity contribution is 0.149. The van der Waals surface area contributed by atoms with Crippen LogP contribution >= 0.6 is 0 Å². The van der Waals surface area contributed by atoms with Gasteiger partial charge in [0.25, 0.3) is 0 Å². The van der Waals surface area contributed by atoms with Gasteiger partial charge in [-0.3, -0.25) is 0 Å². The van der Waals surface area contributed by atoms with Crippen molar-refractivity contribution in [1.29, 1.82) is 0 Å². The van der Waals surface area contributed by atoms with Crippen LogP contribution in [0.15, 0.2) is 6.20 Å². The molecule has 0 radical (unpaired) electrons. The number of halogens is 1. The molecule has 3 N–H and O–H groups in total. The highest BCUT2D eigenvalue weighted by Crippen LogP contribution is 2.34. The third-order valence-electron chi connectivity index (χ3n) is 3.86. The van der Waals surface area contributed by atoms with E-state index in [1.165, 1.54) is 0 Å². The predicted molar refractivity (Wildman–Crippen MR) is 77.2 cm³/mol. The lowest BCUT2D eigenvalue weighted by Crippen LogP contribution is -2.46. The number of aliphatic hydroxyl groups is 1. The van der Waals surface area contributed by atoms with Crippen molar-refractivity contribution >= 4 is 11.8 Å². The van der Waals surface area contributed by atoms with Gasteiger partial charge in [0, 0.05) is 6.54 Å². The normalized spacial score (nSPS) is 26.3. The van der Waals surface area contributed by atoms with Crippen LogP contribution in [0.3, 0.4) is 0 Å². The average Bonchev–Trinajstić information content (AvgIpc) is 2.43. The molecule has 20 heavy (non-hydrogen) atoms. The zero-order valence-corrected chi connectivity index (χ0v) is 12.1. The minimum absolute atomic E-state index is 0.0165. The largest absolute Gasteiger partial charge is 0.394 e. The minimum atomic E-state index is -0.488. The molecule has 112 valence electrons. The summed E-state index contributed by atoms with van der Waals surface area (Å²) in [5, 5.41) is 15.8. The molecule has 0 spiro atoms. The summed E-state index contributed by atoms with van der Waals surface area (Å²) in [6.45, 7) is 4.74. The number of nitrogens with zero attached hydrogens (tertiary/aromatic N) is 2. The molecular formula is C14H23FN4O. The summed E-state index contributed by atoms with van der Waals surface area (Å²) in [7, 11) is 0. The van der Waals surface area contributed by atoms with Crippen molar-refractivity contribution in [3.8, 4) is 0 Å². The average molecular weight is 282 g/mol. The van der Waals surface area contributed by atoms with Gasteiger partial charge in [0.2, 0.25) is 5.95 Å². The first kappa shape index (κ1) is 15.0. The summed E-state index contributed by atoms with van der Waals surface area (Å²) in [4.78, 5) is 8.04. The van der Waals surface area contributed by atoms with E-state index in [2.05, 4.69) is 27.5 Å². The van der Waals surface area contributed by atoms with Crippen LogP contribution in [0.2, 0.25) is 0 Å². The molecule has 1 aliphatic rings. The fourth-order valence-corrected chi connectivity index (χ4v) is 2.91. The fourth-order valence-electron chi connectivity index (χ4n) is 2.91. The van der Waals surface area contributed by atoms with Gasteiger partial charge >= 0.3 is 0 Å². The van der Waals surface area contributed by atoms with E-state index in [1.807, 2.05) is 6.92 Å². The molecule has 2 atom stereocenters. The highest BCUT2D eigenvalue weighted by Gasteiger charge is 2.35. The van der Waals surface area contributed by atoms with Crippen molar-refractivity contribution in [1.82, 2.24) is 9.97 Å². The van der Waals surface area contributed by atoms with Gasteiger partial charge < -0.3 is 15.7 Å². The maximum Gasteiger partial charge on any atom is 0.224 e. The van der Waals surface area contributed by atoms with Crippen molar-refractivity contribution in [3.63, 3.8) is 0 Å². The predicted octanol–water partition coefficient (Wildman–Crippen LogP) is 2.40. The SMILES string of the molecule is CCNc1ncc(F)c(NC2(CO)CCCC(C)C2)n1. The Kier molecular flexibility index (Phi) is 4.75. The molecule has 1 saturated carbocycles. The smallest absolute Gasteiger partial charge is 0.224 e. The molecule has 0 bridgehead atoms. The number of nitrogens with one attached hydrogen (secondary N) is 2. The molecule has 2 rings (SSSR count). The van der Waals surface area contributed by atoms with Crippen LogP contribution in [-0.4, -0.2) is 33.8 Å². The van der Waals surface area contributed by atoms with E-state index in [4.69, 9.17) is 0 Å². The van der Waals surface area contributed by atoms with Crippen LogP contribution in [0.5, 0.6) is 0 Å². The van der Waals surface area contributed by atoms with Gasteiger partial charge in [-0.2, -0.15) is 4.98 Å². The van der Waals surface area contributed by atoms with E-state index < -0.39 is 11.4 Å².